The Morgan fingerprint density at radius 1 is 0.821 bits per heavy atom. The molecule has 0 heterocycles. The van der Waals surface area contributed by atoms with Gasteiger partial charge < -0.3 is 24.8 Å². The van der Waals surface area contributed by atoms with Gasteiger partial charge in [0.05, 0.1) is 21.3 Å². The van der Waals surface area contributed by atoms with E-state index in [9.17, 15) is 0 Å². The molecule has 0 bridgehead atoms. The lowest BCUT2D eigenvalue weighted by molar-refractivity contribution is 0.322. The second kappa shape index (κ2) is 12.3. The molecule has 0 saturated carbocycles. The first-order chi connectivity index (χ1) is 13.2. The summed E-state index contributed by atoms with van der Waals surface area (Å²) in [5.74, 6) is 2.59. The minimum absolute atomic E-state index is 0. The zero-order chi connectivity index (χ0) is 19.6. The number of benzene rings is 2. The highest BCUT2D eigenvalue weighted by Gasteiger charge is 2.15. The van der Waals surface area contributed by atoms with E-state index in [-0.39, 0.29) is 24.0 Å². The Kier molecular flexibility index (Phi) is 10.5. The molecule has 0 amide bonds. The fourth-order valence-corrected chi connectivity index (χ4v) is 2.96. The number of rotatable bonds is 8. The summed E-state index contributed by atoms with van der Waals surface area (Å²) in [7, 11) is 6.58. The smallest absolute Gasteiger partial charge is 0.203 e. The fourth-order valence-electron chi connectivity index (χ4n) is 2.96. The van der Waals surface area contributed by atoms with E-state index in [4.69, 9.17) is 14.2 Å². The van der Waals surface area contributed by atoms with E-state index in [1.165, 1.54) is 11.1 Å². The number of aliphatic imine (C=N–C) groups is 1. The Bertz CT molecular complexity index is 781. The van der Waals surface area contributed by atoms with E-state index in [2.05, 4.69) is 46.8 Å². The first-order valence-electron chi connectivity index (χ1n) is 8.97. The van der Waals surface area contributed by atoms with Crippen molar-refractivity contribution < 1.29 is 14.2 Å². The summed E-state index contributed by atoms with van der Waals surface area (Å²) in [5.41, 5.74) is 3.56. The van der Waals surface area contributed by atoms with Crippen LogP contribution in [0.2, 0.25) is 0 Å². The van der Waals surface area contributed by atoms with Crippen LogP contribution in [0.5, 0.6) is 17.2 Å². The van der Waals surface area contributed by atoms with Gasteiger partial charge in [0.2, 0.25) is 5.75 Å². The van der Waals surface area contributed by atoms with Crippen molar-refractivity contribution in [3.8, 4) is 17.2 Å². The second-order valence-corrected chi connectivity index (χ2v) is 5.90. The van der Waals surface area contributed by atoms with Crippen LogP contribution in [0, 0.1) is 0 Å². The van der Waals surface area contributed by atoms with Gasteiger partial charge >= 0.3 is 0 Å². The highest BCUT2D eigenvalue weighted by atomic mass is 127. The minimum atomic E-state index is 0. The predicted molar refractivity (Wildman–Crippen MR) is 124 cm³/mol. The average Bonchev–Trinajstić information content (AvgIpc) is 2.73. The largest absolute Gasteiger partial charge is 0.493 e. The molecule has 2 N–H and O–H groups in total. The van der Waals surface area contributed by atoms with E-state index >= 15 is 0 Å². The molecule has 0 fully saturated rings. The van der Waals surface area contributed by atoms with Gasteiger partial charge in [0.1, 0.15) is 0 Å². The Balaban J connectivity index is 0.00000392. The Labute approximate surface area is 184 Å². The number of aryl methyl sites for hydroxylation is 1. The van der Waals surface area contributed by atoms with E-state index in [0.29, 0.717) is 30.3 Å². The van der Waals surface area contributed by atoms with Gasteiger partial charge in [0.25, 0.3) is 0 Å². The first kappa shape index (κ1) is 23.9. The monoisotopic (exact) mass is 499 g/mol. The van der Waals surface area contributed by atoms with Gasteiger partial charge in [0, 0.05) is 25.7 Å². The van der Waals surface area contributed by atoms with Crippen LogP contribution in [0.3, 0.4) is 0 Å². The highest BCUT2D eigenvalue weighted by molar-refractivity contribution is 14.0. The third-order valence-corrected chi connectivity index (χ3v) is 4.40. The standard InChI is InChI=1S/C21H29N3O3.HI/c1-6-15-9-7-8-10-16(15)13-23-21(22-2)24-14-17-11-12-18(25-3)20(27-5)19(17)26-4;/h7-12H,6,13-14H2,1-5H3,(H2,22,23,24);1H. The second-order valence-electron chi connectivity index (χ2n) is 5.90. The number of nitrogens with zero attached hydrogens (tertiary/aromatic N) is 1. The molecule has 2 rings (SSSR count). The molecule has 0 aromatic heterocycles. The predicted octanol–water partition coefficient (Wildman–Crippen LogP) is 3.76. The van der Waals surface area contributed by atoms with E-state index < -0.39 is 0 Å². The maximum absolute atomic E-state index is 5.53. The molecule has 7 heteroatoms. The van der Waals surface area contributed by atoms with Crippen molar-refractivity contribution in [1.29, 1.82) is 0 Å². The van der Waals surface area contributed by atoms with Crippen molar-refractivity contribution in [2.24, 2.45) is 4.99 Å². The van der Waals surface area contributed by atoms with Crippen molar-refractivity contribution >= 4 is 29.9 Å². The van der Waals surface area contributed by atoms with Gasteiger partial charge in [0.15, 0.2) is 17.5 Å². The molecule has 0 unspecified atom stereocenters. The fraction of sp³-hybridized carbons (Fsp3) is 0.381. The third kappa shape index (κ3) is 5.92. The van der Waals surface area contributed by atoms with Crippen LogP contribution in [0.1, 0.15) is 23.6 Å². The van der Waals surface area contributed by atoms with Crippen LogP contribution in [-0.2, 0) is 19.5 Å². The van der Waals surface area contributed by atoms with Crippen molar-refractivity contribution in [2.75, 3.05) is 28.4 Å². The summed E-state index contributed by atoms with van der Waals surface area (Å²) in [4.78, 5) is 4.30. The molecule has 0 radical (unpaired) electrons. The number of methoxy groups -OCH3 is 3. The molecule has 2 aromatic rings. The summed E-state index contributed by atoms with van der Waals surface area (Å²) in [6.45, 7) is 3.42. The van der Waals surface area contributed by atoms with Gasteiger partial charge in [-0.2, -0.15) is 0 Å². The lowest BCUT2D eigenvalue weighted by Gasteiger charge is -2.17. The molecule has 2 aromatic carbocycles. The summed E-state index contributed by atoms with van der Waals surface area (Å²) in [5, 5.41) is 6.68. The number of hydrogen-bond acceptors (Lipinski definition) is 4. The van der Waals surface area contributed by atoms with E-state index in [1.807, 2.05) is 12.1 Å². The summed E-state index contributed by atoms with van der Waals surface area (Å²) < 4.78 is 16.3. The quantitative estimate of drug-likeness (QED) is 0.329. The van der Waals surface area contributed by atoms with Crippen LogP contribution < -0.4 is 24.8 Å². The van der Waals surface area contributed by atoms with Crippen molar-refractivity contribution in [3.05, 3.63) is 53.1 Å². The molecule has 0 saturated heterocycles. The van der Waals surface area contributed by atoms with Crippen LogP contribution in [-0.4, -0.2) is 34.3 Å². The lowest BCUT2D eigenvalue weighted by Crippen LogP contribution is -2.36. The number of halogens is 1. The Hall–Kier alpha value is -2.16. The molecular weight excluding hydrogens is 469 g/mol. The van der Waals surface area contributed by atoms with Crippen LogP contribution >= 0.6 is 24.0 Å². The molecule has 0 aliphatic carbocycles. The zero-order valence-corrected chi connectivity index (χ0v) is 19.5. The van der Waals surface area contributed by atoms with Gasteiger partial charge in [-0.3, -0.25) is 4.99 Å². The van der Waals surface area contributed by atoms with Gasteiger partial charge in [-0.15, -0.1) is 24.0 Å². The molecule has 0 atom stereocenters. The number of guanidine groups is 1. The minimum Gasteiger partial charge on any atom is -0.493 e. The van der Waals surface area contributed by atoms with Gasteiger partial charge in [-0.25, -0.2) is 0 Å². The van der Waals surface area contributed by atoms with Crippen molar-refractivity contribution in [2.45, 2.75) is 26.4 Å². The van der Waals surface area contributed by atoms with Crippen LogP contribution in [0.25, 0.3) is 0 Å². The molecule has 0 aliphatic heterocycles. The van der Waals surface area contributed by atoms with E-state index in [0.717, 1.165) is 17.9 Å². The molecule has 0 spiro atoms. The van der Waals surface area contributed by atoms with Crippen molar-refractivity contribution in [3.63, 3.8) is 0 Å². The van der Waals surface area contributed by atoms with Crippen molar-refractivity contribution in [1.82, 2.24) is 10.6 Å². The van der Waals surface area contributed by atoms with Crippen LogP contribution in [0.4, 0.5) is 0 Å². The molecule has 154 valence electrons. The normalized spacial score (nSPS) is 10.7. The summed E-state index contributed by atoms with van der Waals surface area (Å²) in [6.07, 6.45) is 1.01. The Morgan fingerprint density at radius 3 is 1.96 bits per heavy atom. The molecular formula is C21H30IN3O3. The van der Waals surface area contributed by atoms with Gasteiger partial charge in [-0.05, 0) is 29.7 Å². The SMILES string of the molecule is CCc1ccccc1CNC(=NC)NCc1ccc(OC)c(OC)c1OC.I. The maximum atomic E-state index is 5.53. The summed E-state index contributed by atoms with van der Waals surface area (Å²) >= 11 is 0. The van der Waals surface area contributed by atoms with Gasteiger partial charge in [-0.1, -0.05) is 31.2 Å². The first-order valence-corrected chi connectivity index (χ1v) is 8.97. The molecule has 0 aliphatic rings. The number of nitrogens with one attached hydrogen (secondary N) is 2. The Morgan fingerprint density at radius 2 is 1.43 bits per heavy atom. The lowest BCUT2D eigenvalue weighted by atomic mass is 10.1. The molecule has 28 heavy (non-hydrogen) atoms. The number of ether oxygens (including phenoxy) is 3. The third-order valence-electron chi connectivity index (χ3n) is 4.40. The number of hydrogen-bond donors (Lipinski definition) is 2. The molecule has 6 nitrogen and oxygen atoms in total. The zero-order valence-electron chi connectivity index (χ0n) is 17.2. The highest BCUT2D eigenvalue weighted by Crippen LogP contribution is 2.39. The topological polar surface area (TPSA) is 64.1 Å². The maximum Gasteiger partial charge on any atom is 0.203 e. The van der Waals surface area contributed by atoms with Crippen LogP contribution in [0.15, 0.2) is 41.4 Å². The summed E-state index contributed by atoms with van der Waals surface area (Å²) in [6, 6.07) is 12.2. The average molecular weight is 499 g/mol. The van der Waals surface area contributed by atoms with E-state index in [1.54, 1.807) is 28.4 Å².